The van der Waals surface area contributed by atoms with Crippen molar-refractivity contribution in [2.24, 2.45) is 0 Å². The van der Waals surface area contributed by atoms with Crippen LogP contribution in [0.4, 0.5) is 0 Å². The summed E-state index contributed by atoms with van der Waals surface area (Å²) in [5, 5.41) is 0. The zero-order valence-corrected chi connectivity index (χ0v) is 11.5. The van der Waals surface area contributed by atoms with Gasteiger partial charge in [0.2, 0.25) is 3.79 Å². The standard InChI is InChI=1S/C11H8Cl3N3O/c1-7-2-3-8(18-7)4-5-9-15-6-16-10(17-9)11(12,13)14/h2-6H,1H3. The van der Waals surface area contributed by atoms with E-state index in [4.69, 9.17) is 39.2 Å². The third-order valence-electron chi connectivity index (χ3n) is 2.00. The summed E-state index contributed by atoms with van der Waals surface area (Å²) in [7, 11) is 0. The molecule has 0 N–H and O–H groups in total. The van der Waals surface area contributed by atoms with Gasteiger partial charge in [-0.1, -0.05) is 34.8 Å². The van der Waals surface area contributed by atoms with Crippen molar-refractivity contribution >= 4 is 47.0 Å². The van der Waals surface area contributed by atoms with Crippen molar-refractivity contribution < 1.29 is 4.42 Å². The van der Waals surface area contributed by atoms with Crippen LogP contribution in [0, 0.1) is 6.92 Å². The monoisotopic (exact) mass is 303 g/mol. The Hall–Kier alpha value is -1.10. The first-order valence-corrected chi connectivity index (χ1v) is 6.09. The zero-order chi connectivity index (χ0) is 13.2. The fourth-order valence-corrected chi connectivity index (χ4v) is 1.50. The predicted octanol–water partition coefficient (Wildman–Crippen LogP) is 3.77. The lowest BCUT2D eigenvalue weighted by Gasteiger charge is -2.07. The molecule has 2 heterocycles. The van der Waals surface area contributed by atoms with E-state index in [9.17, 15) is 0 Å². The number of aryl methyl sites for hydroxylation is 1. The van der Waals surface area contributed by atoms with Crippen LogP contribution < -0.4 is 0 Å². The van der Waals surface area contributed by atoms with Gasteiger partial charge in [0.05, 0.1) is 0 Å². The van der Waals surface area contributed by atoms with Crippen molar-refractivity contribution in [1.29, 1.82) is 0 Å². The van der Waals surface area contributed by atoms with E-state index in [0.29, 0.717) is 11.6 Å². The van der Waals surface area contributed by atoms with E-state index in [1.165, 1.54) is 6.33 Å². The first kappa shape index (κ1) is 13.3. The number of alkyl halides is 3. The highest BCUT2D eigenvalue weighted by molar-refractivity contribution is 6.66. The van der Waals surface area contributed by atoms with Gasteiger partial charge in [0.25, 0.3) is 0 Å². The lowest BCUT2D eigenvalue weighted by molar-refractivity contribution is 0.525. The molecule has 94 valence electrons. The lowest BCUT2D eigenvalue weighted by Crippen LogP contribution is -2.08. The molecule has 0 atom stereocenters. The van der Waals surface area contributed by atoms with Crippen LogP contribution in [-0.4, -0.2) is 15.0 Å². The van der Waals surface area contributed by atoms with Crippen LogP contribution >= 0.6 is 34.8 Å². The third-order valence-corrected chi connectivity index (χ3v) is 2.51. The van der Waals surface area contributed by atoms with E-state index < -0.39 is 3.79 Å². The highest BCUT2D eigenvalue weighted by Gasteiger charge is 2.26. The van der Waals surface area contributed by atoms with Crippen molar-refractivity contribution in [3.8, 4) is 0 Å². The molecule has 0 bridgehead atoms. The van der Waals surface area contributed by atoms with Crippen molar-refractivity contribution in [3.05, 3.63) is 41.6 Å². The van der Waals surface area contributed by atoms with E-state index in [1.54, 1.807) is 12.2 Å². The smallest absolute Gasteiger partial charge is 0.250 e. The van der Waals surface area contributed by atoms with Crippen LogP contribution in [-0.2, 0) is 3.79 Å². The molecule has 2 rings (SSSR count). The summed E-state index contributed by atoms with van der Waals surface area (Å²) in [6.07, 6.45) is 4.67. The molecule has 2 aromatic rings. The molecule has 0 saturated heterocycles. The molecule has 0 aliphatic rings. The normalized spacial score (nSPS) is 12.2. The predicted molar refractivity (Wildman–Crippen MR) is 71.4 cm³/mol. The molecule has 18 heavy (non-hydrogen) atoms. The van der Waals surface area contributed by atoms with Crippen LogP contribution in [0.2, 0.25) is 0 Å². The van der Waals surface area contributed by atoms with Crippen molar-refractivity contribution in [1.82, 2.24) is 15.0 Å². The summed E-state index contributed by atoms with van der Waals surface area (Å²) in [5.41, 5.74) is 0. The molecule has 0 saturated carbocycles. The Morgan fingerprint density at radius 3 is 2.56 bits per heavy atom. The van der Waals surface area contributed by atoms with Crippen LogP contribution in [0.25, 0.3) is 12.2 Å². The highest BCUT2D eigenvalue weighted by atomic mass is 35.6. The minimum atomic E-state index is -1.66. The second-order valence-electron chi connectivity index (χ2n) is 3.45. The number of aromatic nitrogens is 3. The lowest BCUT2D eigenvalue weighted by atomic mass is 10.4. The number of halogens is 3. The Morgan fingerprint density at radius 1 is 1.17 bits per heavy atom. The molecule has 0 radical (unpaired) electrons. The summed E-state index contributed by atoms with van der Waals surface area (Å²) in [6, 6.07) is 3.70. The average Bonchev–Trinajstić information content (AvgIpc) is 2.72. The molecule has 2 aromatic heterocycles. The van der Waals surface area contributed by atoms with E-state index >= 15 is 0 Å². The van der Waals surface area contributed by atoms with Gasteiger partial charge in [-0.15, -0.1) is 0 Å². The van der Waals surface area contributed by atoms with Gasteiger partial charge in [-0.05, 0) is 31.2 Å². The minimum Gasteiger partial charge on any atom is -0.462 e. The molecular weight excluding hydrogens is 296 g/mol. The topological polar surface area (TPSA) is 51.8 Å². The summed E-state index contributed by atoms with van der Waals surface area (Å²) in [6.45, 7) is 1.86. The van der Waals surface area contributed by atoms with Gasteiger partial charge < -0.3 is 4.42 Å². The first-order chi connectivity index (χ1) is 8.45. The maximum absolute atomic E-state index is 5.69. The van der Waals surface area contributed by atoms with Gasteiger partial charge in [-0.2, -0.15) is 0 Å². The molecule has 0 amide bonds. The van der Waals surface area contributed by atoms with E-state index in [1.807, 2.05) is 19.1 Å². The molecule has 0 aliphatic carbocycles. The number of nitrogens with zero attached hydrogens (tertiary/aromatic N) is 3. The SMILES string of the molecule is Cc1ccc(C=Cc2ncnc(C(Cl)(Cl)Cl)n2)o1. The Bertz CT molecular complexity index is 575. The zero-order valence-electron chi connectivity index (χ0n) is 9.27. The third kappa shape index (κ3) is 3.45. The summed E-state index contributed by atoms with van der Waals surface area (Å²) < 4.78 is 3.71. The maximum atomic E-state index is 5.69. The van der Waals surface area contributed by atoms with Gasteiger partial charge in [0, 0.05) is 0 Å². The van der Waals surface area contributed by atoms with Gasteiger partial charge in [0.1, 0.15) is 17.8 Å². The van der Waals surface area contributed by atoms with E-state index in [2.05, 4.69) is 15.0 Å². The van der Waals surface area contributed by atoms with Crippen molar-refractivity contribution in [2.45, 2.75) is 10.7 Å². The quantitative estimate of drug-likeness (QED) is 0.793. The second kappa shape index (κ2) is 5.26. The maximum Gasteiger partial charge on any atom is 0.250 e. The molecule has 0 fully saturated rings. The molecule has 0 spiro atoms. The molecular formula is C11H8Cl3N3O. The Kier molecular flexibility index (Phi) is 3.90. The molecule has 4 nitrogen and oxygen atoms in total. The number of furan rings is 1. The highest BCUT2D eigenvalue weighted by Crippen LogP contribution is 2.35. The second-order valence-corrected chi connectivity index (χ2v) is 5.73. The summed E-state index contributed by atoms with van der Waals surface area (Å²) >= 11 is 17.1. The number of rotatable bonds is 2. The molecule has 7 heteroatoms. The van der Waals surface area contributed by atoms with Crippen molar-refractivity contribution in [2.75, 3.05) is 0 Å². The molecule has 0 aromatic carbocycles. The largest absolute Gasteiger partial charge is 0.462 e. The summed E-state index contributed by atoms with van der Waals surface area (Å²) in [4.78, 5) is 11.8. The number of hydrogen-bond acceptors (Lipinski definition) is 4. The number of hydrogen-bond donors (Lipinski definition) is 0. The van der Waals surface area contributed by atoms with E-state index in [0.717, 1.165) is 5.76 Å². The molecule has 0 aliphatic heterocycles. The van der Waals surface area contributed by atoms with E-state index in [-0.39, 0.29) is 5.82 Å². The van der Waals surface area contributed by atoms with Crippen molar-refractivity contribution in [3.63, 3.8) is 0 Å². The fourth-order valence-electron chi connectivity index (χ4n) is 1.23. The molecule has 0 unspecified atom stereocenters. The Morgan fingerprint density at radius 2 is 1.94 bits per heavy atom. The van der Waals surface area contributed by atoms with Gasteiger partial charge in [0.15, 0.2) is 11.6 Å². The first-order valence-electron chi connectivity index (χ1n) is 4.96. The van der Waals surface area contributed by atoms with Gasteiger partial charge in [-0.3, -0.25) is 0 Å². The Balaban J connectivity index is 2.22. The fraction of sp³-hybridized carbons (Fsp3) is 0.182. The summed E-state index contributed by atoms with van der Waals surface area (Å²) in [5.74, 6) is 1.99. The minimum absolute atomic E-state index is 0.0813. The van der Waals surface area contributed by atoms with Gasteiger partial charge >= 0.3 is 0 Å². The van der Waals surface area contributed by atoms with Crippen LogP contribution in [0.3, 0.4) is 0 Å². The van der Waals surface area contributed by atoms with Crippen LogP contribution in [0.5, 0.6) is 0 Å². The van der Waals surface area contributed by atoms with Crippen LogP contribution in [0.15, 0.2) is 22.9 Å². The Labute approximate surface area is 119 Å². The average molecular weight is 305 g/mol. The van der Waals surface area contributed by atoms with Crippen LogP contribution in [0.1, 0.15) is 23.2 Å². The van der Waals surface area contributed by atoms with Gasteiger partial charge in [-0.25, -0.2) is 15.0 Å².